The molecule has 0 aliphatic rings. The number of guanidine groups is 1. The van der Waals surface area contributed by atoms with Crippen LogP contribution in [0.2, 0.25) is 0 Å². The smallest absolute Gasteiger partial charge is 0.191 e. The summed E-state index contributed by atoms with van der Waals surface area (Å²) in [6.07, 6.45) is 0.899. The largest absolute Gasteiger partial charge is 0.497 e. The van der Waals surface area contributed by atoms with Gasteiger partial charge in [0.05, 0.1) is 19.3 Å². The van der Waals surface area contributed by atoms with E-state index in [4.69, 9.17) is 9.47 Å². The van der Waals surface area contributed by atoms with Crippen molar-refractivity contribution in [2.45, 2.75) is 40.2 Å². The molecule has 0 radical (unpaired) electrons. The van der Waals surface area contributed by atoms with Gasteiger partial charge in [0.1, 0.15) is 18.1 Å². The highest BCUT2D eigenvalue weighted by Gasteiger charge is 2.14. The van der Waals surface area contributed by atoms with Gasteiger partial charge in [0, 0.05) is 31.4 Å². The molecule has 1 aromatic heterocycles. The van der Waals surface area contributed by atoms with Gasteiger partial charge < -0.3 is 20.1 Å². The van der Waals surface area contributed by atoms with E-state index < -0.39 is 0 Å². The Morgan fingerprint density at radius 1 is 1.29 bits per heavy atom. The minimum absolute atomic E-state index is 0.235. The number of rotatable bonds is 9. The number of hydrogen-bond acceptors (Lipinski definition) is 4. The van der Waals surface area contributed by atoms with Crippen LogP contribution in [0.25, 0.3) is 0 Å². The average molecular weight is 388 g/mol. The molecule has 7 heteroatoms. The molecule has 1 atom stereocenters. The summed E-state index contributed by atoms with van der Waals surface area (Å²) < 4.78 is 12.9. The Kier molecular flexibility index (Phi) is 8.17. The Morgan fingerprint density at radius 3 is 2.68 bits per heavy atom. The monoisotopic (exact) mass is 387 g/mol. The number of nitrogens with one attached hydrogen (secondary N) is 2. The lowest BCUT2D eigenvalue weighted by Gasteiger charge is -2.18. The molecule has 1 aromatic carbocycles. The van der Waals surface area contributed by atoms with Crippen molar-refractivity contribution in [2.24, 2.45) is 12.0 Å². The van der Waals surface area contributed by atoms with Crippen molar-refractivity contribution >= 4 is 5.96 Å². The summed E-state index contributed by atoms with van der Waals surface area (Å²) in [4.78, 5) is 4.62. The third kappa shape index (κ3) is 6.18. The van der Waals surface area contributed by atoms with Gasteiger partial charge in [-0.05, 0) is 51.8 Å². The van der Waals surface area contributed by atoms with Crippen LogP contribution in [0.1, 0.15) is 30.8 Å². The van der Waals surface area contributed by atoms with E-state index in [1.807, 2.05) is 36.0 Å². The zero-order chi connectivity index (χ0) is 20.5. The van der Waals surface area contributed by atoms with E-state index >= 15 is 0 Å². The van der Waals surface area contributed by atoms with E-state index in [0.29, 0.717) is 13.2 Å². The van der Waals surface area contributed by atoms with Gasteiger partial charge in [-0.15, -0.1) is 0 Å². The second kappa shape index (κ2) is 10.6. The molecule has 1 unspecified atom stereocenters. The standard InChI is InChI=1S/C21H33N5O2/c1-7-22-21(23-11-12-28-19-10-8-9-18(14-19)27-6)24-15(2)13-20-16(3)25-26(5)17(20)4/h8-10,14-15H,7,11-13H2,1-6H3,(H2,22,23,24). The van der Waals surface area contributed by atoms with Crippen molar-refractivity contribution in [3.63, 3.8) is 0 Å². The summed E-state index contributed by atoms with van der Waals surface area (Å²) in [5.74, 6) is 2.36. The first-order valence-electron chi connectivity index (χ1n) is 9.75. The number of aromatic nitrogens is 2. The fraction of sp³-hybridized carbons (Fsp3) is 0.524. The Hall–Kier alpha value is -2.70. The molecule has 2 rings (SSSR count). The fourth-order valence-electron chi connectivity index (χ4n) is 3.04. The number of aliphatic imine (C=N–C) groups is 1. The maximum absolute atomic E-state index is 5.76. The van der Waals surface area contributed by atoms with E-state index in [2.05, 4.69) is 48.4 Å². The maximum Gasteiger partial charge on any atom is 0.191 e. The third-order valence-corrected chi connectivity index (χ3v) is 4.57. The van der Waals surface area contributed by atoms with E-state index in [1.54, 1.807) is 7.11 Å². The van der Waals surface area contributed by atoms with Gasteiger partial charge in [0.15, 0.2) is 5.96 Å². The second-order valence-corrected chi connectivity index (χ2v) is 6.81. The fourth-order valence-corrected chi connectivity index (χ4v) is 3.04. The van der Waals surface area contributed by atoms with Crippen LogP contribution in [0.3, 0.4) is 0 Å². The molecule has 0 aliphatic carbocycles. The van der Waals surface area contributed by atoms with Crippen molar-refractivity contribution in [1.82, 2.24) is 20.4 Å². The van der Waals surface area contributed by atoms with Gasteiger partial charge in [0.2, 0.25) is 0 Å². The number of hydrogen-bond donors (Lipinski definition) is 2. The molecule has 0 bridgehead atoms. The molecule has 2 N–H and O–H groups in total. The quantitative estimate of drug-likeness (QED) is 0.393. The lowest BCUT2D eigenvalue weighted by Crippen LogP contribution is -2.43. The zero-order valence-corrected chi connectivity index (χ0v) is 17.9. The molecular formula is C21H33N5O2. The molecule has 0 spiro atoms. The van der Waals surface area contributed by atoms with Gasteiger partial charge in [-0.2, -0.15) is 5.10 Å². The predicted molar refractivity (Wildman–Crippen MR) is 113 cm³/mol. The Bertz CT molecular complexity index is 785. The molecule has 0 fully saturated rings. The van der Waals surface area contributed by atoms with Gasteiger partial charge in [-0.3, -0.25) is 4.68 Å². The van der Waals surface area contributed by atoms with Crippen molar-refractivity contribution in [2.75, 3.05) is 26.8 Å². The summed E-state index contributed by atoms with van der Waals surface area (Å²) in [7, 11) is 3.63. The van der Waals surface area contributed by atoms with Crippen LogP contribution >= 0.6 is 0 Å². The van der Waals surface area contributed by atoms with Crippen molar-refractivity contribution < 1.29 is 9.47 Å². The van der Waals surface area contributed by atoms with Crippen LogP contribution in [0.15, 0.2) is 29.3 Å². The highest BCUT2D eigenvalue weighted by molar-refractivity contribution is 5.80. The van der Waals surface area contributed by atoms with E-state index in [1.165, 1.54) is 11.3 Å². The first kappa shape index (κ1) is 21.6. The summed E-state index contributed by atoms with van der Waals surface area (Å²) >= 11 is 0. The maximum atomic E-state index is 5.76. The molecule has 0 amide bonds. The lowest BCUT2D eigenvalue weighted by molar-refractivity contribution is 0.325. The van der Waals surface area contributed by atoms with Crippen LogP contribution in [-0.2, 0) is 13.5 Å². The SMILES string of the molecule is CCNC(=NCCOc1cccc(OC)c1)NC(C)Cc1c(C)nn(C)c1C. The molecule has 0 saturated heterocycles. The topological polar surface area (TPSA) is 72.7 Å². The van der Waals surface area contributed by atoms with Crippen LogP contribution in [0.4, 0.5) is 0 Å². The summed E-state index contributed by atoms with van der Waals surface area (Å²) in [5.41, 5.74) is 3.58. The van der Waals surface area contributed by atoms with E-state index in [9.17, 15) is 0 Å². The van der Waals surface area contributed by atoms with E-state index in [0.717, 1.165) is 36.1 Å². The normalized spacial score (nSPS) is 12.6. The first-order chi connectivity index (χ1) is 13.4. The molecule has 2 aromatic rings. The minimum Gasteiger partial charge on any atom is -0.497 e. The second-order valence-electron chi connectivity index (χ2n) is 6.81. The first-order valence-corrected chi connectivity index (χ1v) is 9.75. The van der Waals surface area contributed by atoms with Crippen molar-refractivity contribution in [3.8, 4) is 11.5 Å². The lowest BCUT2D eigenvalue weighted by atomic mass is 10.1. The van der Waals surface area contributed by atoms with Crippen LogP contribution in [0.5, 0.6) is 11.5 Å². The Morgan fingerprint density at radius 2 is 2.04 bits per heavy atom. The van der Waals surface area contributed by atoms with Gasteiger partial charge in [0.25, 0.3) is 0 Å². The number of benzene rings is 1. The van der Waals surface area contributed by atoms with Crippen LogP contribution in [-0.4, -0.2) is 48.6 Å². The average Bonchev–Trinajstić information content (AvgIpc) is 2.91. The molecule has 0 aliphatic heterocycles. The molecule has 0 saturated carbocycles. The Labute approximate surface area is 168 Å². The molecule has 28 heavy (non-hydrogen) atoms. The van der Waals surface area contributed by atoms with Gasteiger partial charge >= 0.3 is 0 Å². The Balaban J connectivity index is 1.88. The summed E-state index contributed by atoms with van der Waals surface area (Å²) in [6, 6.07) is 7.82. The third-order valence-electron chi connectivity index (χ3n) is 4.57. The molecule has 154 valence electrons. The number of aryl methyl sites for hydroxylation is 2. The van der Waals surface area contributed by atoms with E-state index in [-0.39, 0.29) is 6.04 Å². The number of nitrogens with zero attached hydrogens (tertiary/aromatic N) is 3. The molecular weight excluding hydrogens is 354 g/mol. The zero-order valence-electron chi connectivity index (χ0n) is 17.9. The molecule has 1 heterocycles. The minimum atomic E-state index is 0.235. The highest BCUT2D eigenvalue weighted by Crippen LogP contribution is 2.18. The van der Waals surface area contributed by atoms with Gasteiger partial charge in [-0.25, -0.2) is 4.99 Å². The van der Waals surface area contributed by atoms with Crippen LogP contribution in [0, 0.1) is 13.8 Å². The van der Waals surface area contributed by atoms with Gasteiger partial charge in [-0.1, -0.05) is 6.07 Å². The van der Waals surface area contributed by atoms with Crippen LogP contribution < -0.4 is 20.1 Å². The number of ether oxygens (including phenoxy) is 2. The van der Waals surface area contributed by atoms with Crippen molar-refractivity contribution in [3.05, 3.63) is 41.2 Å². The summed E-state index contributed by atoms with van der Waals surface area (Å²) in [6.45, 7) is 10.3. The number of methoxy groups -OCH3 is 1. The predicted octanol–water partition coefficient (Wildman–Crippen LogP) is 2.61. The van der Waals surface area contributed by atoms with Crippen molar-refractivity contribution in [1.29, 1.82) is 0 Å². The molecule has 7 nitrogen and oxygen atoms in total. The highest BCUT2D eigenvalue weighted by atomic mass is 16.5. The summed E-state index contributed by atoms with van der Waals surface area (Å²) in [5, 5.41) is 11.3.